The average molecular weight is 280 g/mol. The molecule has 100 valence electrons. The maximum atomic E-state index is 13.3. The molecule has 2 aromatic rings. The van der Waals surface area contributed by atoms with Gasteiger partial charge in [0.2, 0.25) is 0 Å². The third kappa shape index (κ3) is 3.25. The summed E-state index contributed by atoms with van der Waals surface area (Å²) in [5.74, 6) is -0.324. The largest absolute Gasteiger partial charge is 0.394 e. The SMILES string of the molecule is CC(CO)(Nc1ccc(Cl)cc1)c1cccc(F)c1. The van der Waals surface area contributed by atoms with Crippen molar-refractivity contribution in [1.29, 1.82) is 0 Å². The van der Waals surface area contributed by atoms with Gasteiger partial charge in [-0.25, -0.2) is 4.39 Å². The molecule has 0 fully saturated rings. The van der Waals surface area contributed by atoms with Gasteiger partial charge in [0, 0.05) is 10.7 Å². The molecule has 0 saturated heterocycles. The summed E-state index contributed by atoms with van der Waals surface area (Å²) in [7, 11) is 0. The number of benzene rings is 2. The first kappa shape index (κ1) is 13.8. The topological polar surface area (TPSA) is 32.3 Å². The van der Waals surface area contributed by atoms with Gasteiger partial charge in [-0.2, -0.15) is 0 Å². The van der Waals surface area contributed by atoms with Crippen molar-refractivity contribution in [3.05, 3.63) is 64.9 Å². The molecular formula is C15H15ClFNO. The molecule has 1 atom stereocenters. The molecule has 0 aromatic heterocycles. The Labute approximate surface area is 116 Å². The van der Waals surface area contributed by atoms with Crippen LogP contribution in [0.3, 0.4) is 0 Å². The summed E-state index contributed by atoms with van der Waals surface area (Å²) in [5.41, 5.74) is 0.741. The number of hydrogen-bond acceptors (Lipinski definition) is 2. The Morgan fingerprint density at radius 1 is 1.21 bits per heavy atom. The zero-order valence-electron chi connectivity index (χ0n) is 10.5. The monoisotopic (exact) mass is 279 g/mol. The molecule has 2 rings (SSSR count). The van der Waals surface area contributed by atoms with E-state index in [-0.39, 0.29) is 12.4 Å². The summed E-state index contributed by atoms with van der Waals surface area (Å²) in [6.45, 7) is 1.66. The van der Waals surface area contributed by atoms with Gasteiger partial charge in [0.15, 0.2) is 0 Å². The maximum Gasteiger partial charge on any atom is 0.123 e. The molecule has 0 amide bonds. The van der Waals surface area contributed by atoms with E-state index in [9.17, 15) is 9.50 Å². The number of anilines is 1. The second-order valence-electron chi connectivity index (χ2n) is 4.63. The van der Waals surface area contributed by atoms with Crippen molar-refractivity contribution in [2.24, 2.45) is 0 Å². The van der Waals surface area contributed by atoms with Crippen molar-refractivity contribution in [3.63, 3.8) is 0 Å². The lowest BCUT2D eigenvalue weighted by molar-refractivity contribution is 0.224. The van der Waals surface area contributed by atoms with E-state index in [1.165, 1.54) is 12.1 Å². The lowest BCUT2D eigenvalue weighted by Crippen LogP contribution is -2.35. The Morgan fingerprint density at radius 3 is 2.47 bits per heavy atom. The third-order valence-corrected chi connectivity index (χ3v) is 3.29. The van der Waals surface area contributed by atoms with Crippen molar-refractivity contribution in [2.75, 3.05) is 11.9 Å². The molecule has 0 radical (unpaired) electrons. The summed E-state index contributed by atoms with van der Waals surface area (Å²) in [6.07, 6.45) is 0. The Bertz CT molecular complexity index is 558. The van der Waals surface area contributed by atoms with Crippen LogP contribution in [0.5, 0.6) is 0 Å². The lowest BCUT2D eigenvalue weighted by Gasteiger charge is -2.30. The normalized spacial score (nSPS) is 13.9. The van der Waals surface area contributed by atoms with Gasteiger partial charge in [-0.1, -0.05) is 23.7 Å². The predicted octanol–water partition coefficient (Wildman–Crippen LogP) is 3.80. The molecule has 4 heteroatoms. The molecule has 0 aliphatic carbocycles. The first-order chi connectivity index (χ1) is 9.03. The minimum atomic E-state index is -0.754. The minimum Gasteiger partial charge on any atom is -0.394 e. The second-order valence-corrected chi connectivity index (χ2v) is 5.07. The Balaban J connectivity index is 2.30. The number of rotatable bonds is 4. The van der Waals surface area contributed by atoms with Crippen LogP contribution in [-0.2, 0) is 5.54 Å². The van der Waals surface area contributed by atoms with Gasteiger partial charge in [0.1, 0.15) is 5.82 Å². The lowest BCUT2D eigenvalue weighted by atomic mass is 9.92. The molecular weight excluding hydrogens is 265 g/mol. The van der Waals surface area contributed by atoms with Gasteiger partial charge in [-0.3, -0.25) is 0 Å². The van der Waals surface area contributed by atoms with E-state index in [2.05, 4.69) is 5.32 Å². The zero-order valence-corrected chi connectivity index (χ0v) is 11.3. The highest BCUT2D eigenvalue weighted by molar-refractivity contribution is 6.30. The average Bonchev–Trinajstić information content (AvgIpc) is 2.41. The molecule has 0 saturated carbocycles. The summed E-state index contributed by atoms with van der Waals surface area (Å²) < 4.78 is 13.3. The van der Waals surface area contributed by atoms with Gasteiger partial charge in [-0.05, 0) is 48.9 Å². The fourth-order valence-electron chi connectivity index (χ4n) is 1.89. The number of aliphatic hydroxyl groups is 1. The smallest absolute Gasteiger partial charge is 0.123 e. The highest BCUT2D eigenvalue weighted by atomic mass is 35.5. The van der Waals surface area contributed by atoms with Crippen LogP contribution in [0.4, 0.5) is 10.1 Å². The van der Waals surface area contributed by atoms with Crippen LogP contribution in [0, 0.1) is 5.82 Å². The van der Waals surface area contributed by atoms with Crippen molar-refractivity contribution in [2.45, 2.75) is 12.5 Å². The van der Waals surface area contributed by atoms with Gasteiger partial charge < -0.3 is 10.4 Å². The standard InChI is InChI=1S/C15H15ClFNO/c1-15(10-19,11-3-2-4-13(17)9-11)18-14-7-5-12(16)6-8-14/h2-9,18-19H,10H2,1H3. The molecule has 2 aromatic carbocycles. The van der Waals surface area contributed by atoms with E-state index < -0.39 is 5.54 Å². The molecule has 2 N–H and O–H groups in total. The molecule has 0 aliphatic rings. The van der Waals surface area contributed by atoms with E-state index in [4.69, 9.17) is 11.6 Å². The minimum absolute atomic E-state index is 0.154. The Morgan fingerprint density at radius 2 is 1.89 bits per heavy atom. The van der Waals surface area contributed by atoms with E-state index >= 15 is 0 Å². The van der Waals surface area contributed by atoms with E-state index in [1.807, 2.05) is 19.1 Å². The zero-order chi connectivity index (χ0) is 13.9. The van der Waals surface area contributed by atoms with Crippen LogP contribution in [0.1, 0.15) is 12.5 Å². The molecule has 1 unspecified atom stereocenters. The molecule has 0 heterocycles. The summed E-state index contributed by atoms with van der Waals surface area (Å²) in [4.78, 5) is 0. The number of halogens is 2. The highest BCUT2D eigenvalue weighted by Gasteiger charge is 2.25. The molecule has 2 nitrogen and oxygen atoms in total. The number of nitrogens with one attached hydrogen (secondary N) is 1. The van der Waals surface area contributed by atoms with Crippen molar-refractivity contribution in [1.82, 2.24) is 0 Å². The van der Waals surface area contributed by atoms with E-state index in [1.54, 1.807) is 24.3 Å². The first-order valence-corrected chi connectivity index (χ1v) is 6.32. The second kappa shape index (κ2) is 5.59. The van der Waals surface area contributed by atoms with Crippen LogP contribution >= 0.6 is 11.6 Å². The summed E-state index contributed by atoms with van der Waals surface area (Å²) >= 11 is 5.83. The van der Waals surface area contributed by atoms with Crippen LogP contribution < -0.4 is 5.32 Å². The van der Waals surface area contributed by atoms with Crippen LogP contribution in [0.25, 0.3) is 0 Å². The predicted molar refractivity (Wildman–Crippen MR) is 75.9 cm³/mol. The molecule has 0 bridgehead atoms. The maximum absolute atomic E-state index is 13.3. The highest BCUT2D eigenvalue weighted by Crippen LogP contribution is 2.27. The summed E-state index contributed by atoms with van der Waals surface area (Å²) in [6, 6.07) is 13.3. The fourth-order valence-corrected chi connectivity index (χ4v) is 2.01. The fraction of sp³-hybridized carbons (Fsp3) is 0.200. The van der Waals surface area contributed by atoms with Crippen LogP contribution in [0.15, 0.2) is 48.5 Å². The van der Waals surface area contributed by atoms with Crippen LogP contribution in [0.2, 0.25) is 5.02 Å². The van der Waals surface area contributed by atoms with Gasteiger partial charge >= 0.3 is 0 Å². The van der Waals surface area contributed by atoms with Crippen molar-refractivity contribution in [3.8, 4) is 0 Å². The summed E-state index contributed by atoms with van der Waals surface area (Å²) in [5, 5.41) is 13.5. The third-order valence-electron chi connectivity index (χ3n) is 3.04. The van der Waals surface area contributed by atoms with E-state index in [0.29, 0.717) is 10.6 Å². The quantitative estimate of drug-likeness (QED) is 0.892. The Kier molecular flexibility index (Phi) is 4.08. The van der Waals surface area contributed by atoms with Crippen molar-refractivity contribution >= 4 is 17.3 Å². The van der Waals surface area contributed by atoms with Gasteiger partial charge in [-0.15, -0.1) is 0 Å². The first-order valence-electron chi connectivity index (χ1n) is 5.94. The van der Waals surface area contributed by atoms with Gasteiger partial charge in [0.05, 0.1) is 12.1 Å². The molecule has 0 aliphatic heterocycles. The van der Waals surface area contributed by atoms with E-state index in [0.717, 1.165) is 5.69 Å². The van der Waals surface area contributed by atoms with Crippen molar-refractivity contribution < 1.29 is 9.50 Å². The number of hydrogen-bond donors (Lipinski definition) is 2. The Hall–Kier alpha value is -1.58. The number of aliphatic hydroxyl groups excluding tert-OH is 1. The van der Waals surface area contributed by atoms with Crippen LogP contribution in [-0.4, -0.2) is 11.7 Å². The molecule has 19 heavy (non-hydrogen) atoms. The molecule has 0 spiro atoms. The van der Waals surface area contributed by atoms with Gasteiger partial charge in [0.25, 0.3) is 0 Å².